The summed E-state index contributed by atoms with van der Waals surface area (Å²) in [6.45, 7) is 2.86. The first-order chi connectivity index (χ1) is 13.6. The Labute approximate surface area is 168 Å². The van der Waals surface area contributed by atoms with Gasteiger partial charge in [0.05, 0.1) is 18.0 Å². The lowest BCUT2D eigenvalue weighted by atomic mass is 9.68. The largest absolute Gasteiger partial charge is 0.497 e. The fourth-order valence-corrected chi connectivity index (χ4v) is 7.80. The average Bonchev–Trinajstić information content (AvgIpc) is 2.73. The van der Waals surface area contributed by atoms with Gasteiger partial charge >= 0.3 is 0 Å². The smallest absolute Gasteiger partial charge is 0.243 e. The number of methoxy groups -OCH3 is 1. The highest BCUT2D eigenvalue weighted by atomic mass is 32.2. The molecule has 6 heteroatoms. The molecular formula is C22H30N2O3S. The summed E-state index contributed by atoms with van der Waals surface area (Å²) >= 11 is 0. The minimum absolute atomic E-state index is 0.0416. The fourth-order valence-electron chi connectivity index (χ4n) is 6.08. The molecule has 1 aliphatic carbocycles. The Morgan fingerprint density at radius 3 is 2.68 bits per heavy atom. The standard InChI is InChI=1S/C22H30N2O3S/c1-27-19-7-9-20(10-8-19)28(25,26)24-12-4-5-16-13-17-14-18(22(16)24)15-23-11-3-2-6-21(17)23/h7-10,13,17-18,21-22H,2-6,11-12,14-15H2,1H3/t17-,18+,21+,22-/m1/s1. The highest BCUT2D eigenvalue weighted by molar-refractivity contribution is 7.89. The second-order valence-electron chi connectivity index (χ2n) is 8.80. The van der Waals surface area contributed by atoms with Crippen LogP contribution in [0.3, 0.4) is 0 Å². The summed E-state index contributed by atoms with van der Waals surface area (Å²) in [6.07, 6.45) is 9.52. The molecule has 3 fully saturated rings. The van der Waals surface area contributed by atoms with Crippen molar-refractivity contribution in [3.63, 3.8) is 0 Å². The van der Waals surface area contributed by atoms with E-state index in [2.05, 4.69) is 11.0 Å². The highest BCUT2D eigenvalue weighted by Crippen LogP contribution is 2.46. The molecular weight excluding hydrogens is 372 g/mol. The van der Waals surface area contributed by atoms with Crippen molar-refractivity contribution >= 4 is 10.0 Å². The van der Waals surface area contributed by atoms with Gasteiger partial charge in [-0.3, -0.25) is 4.90 Å². The molecule has 3 heterocycles. The topological polar surface area (TPSA) is 49.9 Å². The van der Waals surface area contributed by atoms with Gasteiger partial charge in [0, 0.05) is 19.1 Å². The third-order valence-corrected chi connectivity index (χ3v) is 9.17. The van der Waals surface area contributed by atoms with Crippen molar-refractivity contribution in [2.75, 3.05) is 26.7 Å². The maximum Gasteiger partial charge on any atom is 0.243 e. The van der Waals surface area contributed by atoms with Gasteiger partial charge in [-0.05, 0) is 74.8 Å². The van der Waals surface area contributed by atoms with Gasteiger partial charge in [0.15, 0.2) is 0 Å². The van der Waals surface area contributed by atoms with Gasteiger partial charge in [0.25, 0.3) is 0 Å². The van der Waals surface area contributed by atoms with E-state index in [1.54, 1.807) is 31.4 Å². The number of sulfonamides is 1. The molecule has 3 saturated heterocycles. The van der Waals surface area contributed by atoms with Crippen molar-refractivity contribution in [1.82, 2.24) is 9.21 Å². The molecule has 0 radical (unpaired) electrons. The first-order valence-electron chi connectivity index (χ1n) is 10.7. The quantitative estimate of drug-likeness (QED) is 0.728. The van der Waals surface area contributed by atoms with Gasteiger partial charge in [0.1, 0.15) is 5.75 Å². The number of ether oxygens (including phenoxy) is 1. The van der Waals surface area contributed by atoms with Gasteiger partial charge in [-0.15, -0.1) is 0 Å². The zero-order valence-corrected chi connectivity index (χ0v) is 17.4. The normalized spacial score (nSPS) is 33.5. The molecule has 1 aromatic rings. The van der Waals surface area contributed by atoms with Crippen LogP contribution in [0.25, 0.3) is 0 Å². The first-order valence-corrected chi connectivity index (χ1v) is 12.1. The van der Waals surface area contributed by atoms with Crippen LogP contribution in [0.2, 0.25) is 0 Å². The predicted octanol–water partition coefficient (Wildman–Crippen LogP) is 3.28. The fraction of sp³-hybridized carbons (Fsp3) is 0.636. The van der Waals surface area contributed by atoms with Crippen LogP contribution in [0.5, 0.6) is 5.75 Å². The Morgan fingerprint density at radius 2 is 1.89 bits per heavy atom. The first kappa shape index (κ1) is 18.6. The zero-order valence-electron chi connectivity index (χ0n) is 16.6. The van der Waals surface area contributed by atoms with Crippen molar-refractivity contribution in [3.05, 3.63) is 35.9 Å². The number of hydrogen-bond acceptors (Lipinski definition) is 4. The molecule has 4 atom stereocenters. The molecule has 0 spiro atoms. The minimum Gasteiger partial charge on any atom is -0.497 e. The molecule has 152 valence electrons. The number of piperidine rings is 3. The Hall–Kier alpha value is -1.37. The Morgan fingerprint density at radius 1 is 1.07 bits per heavy atom. The number of nitrogens with zero attached hydrogens (tertiary/aromatic N) is 2. The van der Waals surface area contributed by atoms with Crippen LogP contribution in [-0.4, -0.2) is 56.5 Å². The van der Waals surface area contributed by atoms with Crippen molar-refractivity contribution in [2.45, 2.75) is 55.5 Å². The second kappa shape index (κ2) is 7.15. The Kier molecular flexibility index (Phi) is 4.76. The summed E-state index contributed by atoms with van der Waals surface area (Å²) < 4.78 is 34.1. The summed E-state index contributed by atoms with van der Waals surface area (Å²) in [5, 5.41) is 0. The highest BCUT2D eigenvalue weighted by Gasteiger charge is 2.48. The van der Waals surface area contributed by atoms with E-state index in [4.69, 9.17) is 4.74 Å². The van der Waals surface area contributed by atoms with Crippen molar-refractivity contribution in [1.29, 1.82) is 0 Å². The van der Waals surface area contributed by atoms with Crippen molar-refractivity contribution < 1.29 is 13.2 Å². The lowest BCUT2D eigenvalue weighted by Crippen LogP contribution is -2.59. The minimum atomic E-state index is -3.50. The molecule has 3 aliphatic heterocycles. The maximum atomic E-state index is 13.5. The average molecular weight is 403 g/mol. The van der Waals surface area contributed by atoms with Gasteiger partial charge in [-0.2, -0.15) is 4.31 Å². The number of benzene rings is 1. The van der Waals surface area contributed by atoms with E-state index in [0.29, 0.717) is 35.1 Å². The van der Waals surface area contributed by atoms with E-state index in [1.165, 1.54) is 31.4 Å². The summed E-state index contributed by atoms with van der Waals surface area (Å²) in [5.74, 6) is 1.73. The van der Waals surface area contributed by atoms with E-state index >= 15 is 0 Å². The van der Waals surface area contributed by atoms with Crippen LogP contribution in [0, 0.1) is 11.8 Å². The lowest BCUT2D eigenvalue weighted by Gasteiger charge is -2.54. The summed E-state index contributed by atoms with van der Waals surface area (Å²) in [7, 11) is -1.91. The summed E-state index contributed by atoms with van der Waals surface area (Å²) in [6, 6.07) is 7.57. The molecule has 1 aromatic carbocycles. The molecule has 0 saturated carbocycles. The summed E-state index contributed by atoms with van der Waals surface area (Å²) in [5.41, 5.74) is 1.38. The van der Waals surface area contributed by atoms with E-state index in [-0.39, 0.29) is 6.04 Å². The third-order valence-electron chi connectivity index (χ3n) is 7.28. The number of fused-ring (bicyclic) bond motifs is 6. The molecule has 5 rings (SSSR count). The second-order valence-corrected chi connectivity index (χ2v) is 10.7. The molecule has 0 amide bonds. The van der Waals surface area contributed by atoms with Gasteiger partial charge in [-0.1, -0.05) is 18.1 Å². The van der Waals surface area contributed by atoms with Crippen LogP contribution in [-0.2, 0) is 10.0 Å². The van der Waals surface area contributed by atoms with Gasteiger partial charge < -0.3 is 4.74 Å². The van der Waals surface area contributed by atoms with Crippen LogP contribution in [0.1, 0.15) is 38.5 Å². The Bertz CT molecular complexity index is 864. The number of hydrogen-bond donors (Lipinski definition) is 0. The molecule has 4 aliphatic rings. The molecule has 2 bridgehead atoms. The van der Waals surface area contributed by atoms with Crippen LogP contribution in [0.4, 0.5) is 0 Å². The van der Waals surface area contributed by atoms with Gasteiger partial charge in [-0.25, -0.2) is 8.42 Å². The van der Waals surface area contributed by atoms with E-state index in [1.807, 2.05) is 4.31 Å². The zero-order chi connectivity index (χ0) is 19.3. The van der Waals surface area contributed by atoms with E-state index in [9.17, 15) is 8.42 Å². The monoisotopic (exact) mass is 402 g/mol. The van der Waals surface area contributed by atoms with Gasteiger partial charge in [0.2, 0.25) is 10.0 Å². The molecule has 0 aromatic heterocycles. The molecule has 5 nitrogen and oxygen atoms in total. The molecule has 0 N–H and O–H groups in total. The lowest BCUT2D eigenvalue weighted by molar-refractivity contribution is 0.0149. The van der Waals surface area contributed by atoms with Crippen molar-refractivity contribution in [3.8, 4) is 5.75 Å². The van der Waals surface area contributed by atoms with Crippen molar-refractivity contribution in [2.24, 2.45) is 11.8 Å². The van der Waals surface area contributed by atoms with Crippen LogP contribution >= 0.6 is 0 Å². The molecule has 28 heavy (non-hydrogen) atoms. The Balaban J connectivity index is 1.48. The SMILES string of the molecule is COc1ccc(S(=O)(=O)N2CCCC3=C[C@@H]4C[C@@H](CN5CCCC[C@@H]45)[C@@H]32)cc1. The van der Waals surface area contributed by atoms with E-state index < -0.39 is 10.0 Å². The molecule has 0 unspecified atom stereocenters. The van der Waals surface area contributed by atoms with Crippen LogP contribution < -0.4 is 4.74 Å². The predicted molar refractivity (Wildman–Crippen MR) is 109 cm³/mol. The van der Waals surface area contributed by atoms with Crippen LogP contribution in [0.15, 0.2) is 40.8 Å². The third kappa shape index (κ3) is 3.01. The number of rotatable bonds is 3. The van der Waals surface area contributed by atoms with E-state index in [0.717, 1.165) is 25.8 Å². The summed E-state index contributed by atoms with van der Waals surface area (Å²) in [4.78, 5) is 3.03. The maximum absolute atomic E-state index is 13.5.